The quantitative estimate of drug-likeness (QED) is 0.605. The zero-order valence-electron chi connectivity index (χ0n) is 7.38. The summed E-state index contributed by atoms with van der Waals surface area (Å²) in [7, 11) is 0. The Morgan fingerprint density at radius 1 is 1.46 bits per heavy atom. The summed E-state index contributed by atoms with van der Waals surface area (Å²) in [4.78, 5) is 3.93. The Balaban J connectivity index is 2.88. The van der Waals surface area contributed by atoms with Crippen molar-refractivity contribution in [2.75, 3.05) is 6.61 Å². The summed E-state index contributed by atoms with van der Waals surface area (Å²) >= 11 is 0. The highest BCUT2D eigenvalue weighted by Gasteiger charge is 2.19. The van der Waals surface area contributed by atoms with Crippen LogP contribution in [0.1, 0.15) is 17.4 Å². The molecule has 0 spiro atoms. The third-order valence-electron chi connectivity index (χ3n) is 1.88. The minimum atomic E-state index is -1.17. The molecule has 1 rings (SSSR count). The zero-order chi connectivity index (χ0) is 9.84. The first-order valence-electron chi connectivity index (χ1n) is 4.05. The molecular weight excluding hydrogens is 170 g/mol. The van der Waals surface area contributed by atoms with Gasteiger partial charge in [0.2, 0.25) is 0 Å². The Bertz CT molecular complexity index is 277. The molecule has 0 saturated heterocycles. The molecular formula is C9H13NO3. The highest BCUT2D eigenvalue weighted by atomic mass is 16.4. The van der Waals surface area contributed by atoms with Crippen molar-refractivity contribution in [1.82, 2.24) is 4.98 Å². The Labute approximate surface area is 76.5 Å². The number of rotatable bonds is 3. The molecule has 0 aliphatic heterocycles. The van der Waals surface area contributed by atoms with Gasteiger partial charge >= 0.3 is 0 Å². The van der Waals surface area contributed by atoms with Crippen molar-refractivity contribution in [2.24, 2.45) is 0 Å². The minimum absolute atomic E-state index is 0.407. The molecule has 1 aromatic heterocycles. The second-order valence-electron chi connectivity index (χ2n) is 2.90. The number of hydrogen-bond acceptors (Lipinski definition) is 4. The standard InChI is InChI=1S/C9H13NO3/c1-6-3-2-4-10-8(6)9(13)7(12)5-11/h2-4,7,9,11-13H,5H2,1H3. The van der Waals surface area contributed by atoms with Crippen LogP contribution >= 0.6 is 0 Å². The fraction of sp³-hybridized carbons (Fsp3) is 0.444. The zero-order valence-corrected chi connectivity index (χ0v) is 7.38. The van der Waals surface area contributed by atoms with Crippen molar-refractivity contribution in [1.29, 1.82) is 0 Å². The van der Waals surface area contributed by atoms with Crippen LogP contribution in [-0.4, -0.2) is 33.0 Å². The predicted molar refractivity (Wildman–Crippen MR) is 47.0 cm³/mol. The van der Waals surface area contributed by atoms with Crippen LogP contribution in [0.4, 0.5) is 0 Å². The predicted octanol–water partition coefficient (Wildman–Crippen LogP) is -0.223. The Kier molecular flexibility index (Phi) is 3.36. The van der Waals surface area contributed by atoms with E-state index in [1.165, 1.54) is 6.20 Å². The normalized spacial score (nSPS) is 15.4. The maximum atomic E-state index is 9.50. The fourth-order valence-electron chi connectivity index (χ4n) is 1.09. The molecule has 0 aliphatic carbocycles. The number of aromatic nitrogens is 1. The molecule has 3 N–H and O–H groups in total. The molecule has 0 saturated carbocycles. The minimum Gasteiger partial charge on any atom is -0.394 e. The molecule has 1 heterocycles. The molecule has 0 radical (unpaired) electrons. The van der Waals surface area contributed by atoms with Crippen LogP contribution in [0, 0.1) is 6.92 Å². The fourth-order valence-corrected chi connectivity index (χ4v) is 1.09. The Morgan fingerprint density at radius 3 is 2.69 bits per heavy atom. The van der Waals surface area contributed by atoms with E-state index >= 15 is 0 Å². The number of hydrogen-bond donors (Lipinski definition) is 3. The Morgan fingerprint density at radius 2 is 2.15 bits per heavy atom. The summed E-state index contributed by atoms with van der Waals surface area (Å²) in [6.07, 6.45) is -0.755. The van der Waals surface area contributed by atoms with E-state index in [4.69, 9.17) is 10.2 Å². The van der Waals surface area contributed by atoms with E-state index in [0.717, 1.165) is 5.56 Å². The lowest BCUT2D eigenvalue weighted by Gasteiger charge is -2.16. The lowest BCUT2D eigenvalue weighted by molar-refractivity contribution is -0.0175. The van der Waals surface area contributed by atoms with E-state index in [9.17, 15) is 5.11 Å². The lowest BCUT2D eigenvalue weighted by atomic mass is 10.1. The molecule has 13 heavy (non-hydrogen) atoms. The highest BCUT2D eigenvalue weighted by molar-refractivity contribution is 5.20. The number of aryl methyl sites for hydroxylation is 1. The topological polar surface area (TPSA) is 73.6 Å². The highest BCUT2D eigenvalue weighted by Crippen LogP contribution is 2.17. The van der Waals surface area contributed by atoms with E-state index in [2.05, 4.69) is 4.98 Å². The number of pyridine rings is 1. The van der Waals surface area contributed by atoms with Crippen LogP contribution < -0.4 is 0 Å². The van der Waals surface area contributed by atoms with Gasteiger partial charge in [-0.05, 0) is 18.6 Å². The molecule has 72 valence electrons. The SMILES string of the molecule is Cc1cccnc1C(O)C(O)CO. The van der Waals surface area contributed by atoms with Crippen LogP contribution in [0.5, 0.6) is 0 Å². The van der Waals surface area contributed by atoms with Crippen LogP contribution in [0.2, 0.25) is 0 Å². The van der Waals surface area contributed by atoms with Crippen LogP contribution in [-0.2, 0) is 0 Å². The van der Waals surface area contributed by atoms with Gasteiger partial charge in [0.05, 0.1) is 12.3 Å². The Hall–Kier alpha value is -0.970. The summed E-state index contributed by atoms with van der Waals surface area (Å²) in [5.74, 6) is 0. The van der Waals surface area contributed by atoms with E-state index in [-0.39, 0.29) is 0 Å². The van der Waals surface area contributed by atoms with E-state index in [0.29, 0.717) is 5.69 Å². The van der Waals surface area contributed by atoms with Crippen LogP contribution in [0.3, 0.4) is 0 Å². The van der Waals surface area contributed by atoms with Gasteiger partial charge in [-0.25, -0.2) is 0 Å². The monoisotopic (exact) mass is 183 g/mol. The summed E-state index contributed by atoms with van der Waals surface area (Å²) in [5, 5.41) is 27.3. The number of aliphatic hydroxyl groups is 3. The van der Waals surface area contributed by atoms with Gasteiger partial charge < -0.3 is 15.3 Å². The van der Waals surface area contributed by atoms with Crippen molar-refractivity contribution in [3.8, 4) is 0 Å². The van der Waals surface area contributed by atoms with Crippen molar-refractivity contribution in [2.45, 2.75) is 19.1 Å². The van der Waals surface area contributed by atoms with Crippen LogP contribution in [0.25, 0.3) is 0 Å². The average molecular weight is 183 g/mol. The summed E-state index contributed by atoms with van der Waals surface area (Å²) in [5.41, 5.74) is 1.20. The van der Waals surface area contributed by atoms with Gasteiger partial charge in [-0.3, -0.25) is 4.98 Å². The molecule has 0 fully saturated rings. The van der Waals surface area contributed by atoms with Gasteiger partial charge in [0, 0.05) is 6.20 Å². The molecule has 2 atom stereocenters. The molecule has 0 aromatic carbocycles. The van der Waals surface area contributed by atoms with Crippen molar-refractivity contribution in [3.63, 3.8) is 0 Å². The molecule has 2 unspecified atom stereocenters. The van der Waals surface area contributed by atoms with Gasteiger partial charge in [-0.15, -0.1) is 0 Å². The van der Waals surface area contributed by atoms with Crippen LogP contribution in [0.15, 0.2) is 18.3 Å². The number of aliphatic hydroxyl groups excluding tert-OH is 3. The third kappa shape index (κ3) is 2.24. The molecule has 4 nitrogen and oxygen atoms in total. The van der Waals surface area contributed by atoms with Crippen molar-refractivity contribution in [3.05, 3.63) is 29.6 Å². The second kappa shape index (κ2) is 4.32. The summed E-state index contributed by atoms with van der Waals surface area (Å²) < 4.78 is 0. The first-order chi connectivity index (χ1) is 6.16. The number of nitrogens with zero attached hydrogens (tertiary/aromatic N) is 1. The van der Waals surface area contributed by atoms with Gasteiger partial charge in [0.25, 0.3) is 0 Å². The van der Waals surface area contributed by atoms with E-state index < -0.39 is 18.8 Å². The second-order valence-corrected chi connectivity index (χ2v) is 2.90. The molecule has 0 aliphatic rings. The summed E-state index contributed by atoms with van der Waals surface area (Å²) in [6, 6.07) is 3.53. The van der Waals surface area contributed by atoms with Gasteiger partial charge in [0.1, 0.15) is 12.2 Å². The maximum Gasteiger partial charge on any atom is 0.124 e. The largest absolute Gasteiger partial charge is 0.394 e. The first kappa shape index (κ1) is 10.1. The molecule has 4 heteroatoms. The van der Waals surface area contributed by atoms with E-state index in [1.807, 2.05) is 0 Å². The average Bonchev–Trinajstić information content (AvgIpc) is 2.16. The smallest absolute Gasteiger partial charge is 0.124 e. The maximum absolute atomic E-state index is 9.50. The first-order valence-corrected chi connectivity index (χ1v) is 4.05. The lowest BCUT2D eigenvalue weighted by Crippen LogP contribution is -2.23. The van der Waals surface area contributed by atoms with Gasteiger partial charge in [0.15, 0.2) is 0 Å². The van der Waals surface area contributed by atoms with Gasteiger partial charge in [-0.2, -0.15) is 0 Å². The van der Waals surface area contributed by atoms with Crippen molar-refractivity contribution >= 4 is 0 Å². The van der Waals surface area contributed by atoms with Crippen molar-refractivity contribution < 1.29 is 15.3 Å². The molecule has 0 bridgehead atoms. The van der Waals surface area contributed by atoms with Gasteiger partial charge in [-0.1, -0.05) is 6.07 Å². The third-order valence-corrected chi connectivity index (χ3v) is 1.88. The van der Waals surface area contributed by atoms with E-state index in [1.54, 1.807) is 19.1 Å². The summed E-state index contributed by atoms with van der Waals surface area (Å²) in [6.45, 7) is 1.31. The molecule has 0 amide bonds. The molecule has 1 aromatic rings.